The Hall–Kier alpha value is -2.94. The number of hydrogen-bond donors (Lipinski definition) is 1. The summed E-state index contributed by atoms with van der Waals surface area (Å²) in [6, 6.07) is 15.3. The van der Waals surface area contributed by atoms with Gasteiger partial charge >= 0.3 is 0 Å². The molecule has 0 saturated carbocycles. The summed E-state index contributed by atoms with van der Waals surface area (Å²) in [5, 5.41) is 10.7. The first-order valence-electron chi connectivity index (χ1n) is 16.0. The average Bonchev–Trinajstić information content (AvgIpc) is 3.37. The van der Waals surface area contributed by atoms with Gasteiger partial charge in [-0.25, -0.2) is 16.8 Å². The molecule has 6 rings (SSSR count). The van der Waals surface area contributed by atoms with E-state index in [2.05, 4.69) is 9.80 Å². The molecule has 4 aliphatic heterocycles. The largest absolute Gasteiger partial charge is 0.490 e. The normalized spacial score (nSPS) is 27.9. The van der Waals surface area contributed by atoms with Gasteiger partial charge in [-0.05, 0) is 87.8 Å². The number of anilines is 1. The highest BCUT2D eigenvalue weighted by atomic mass is 32.2. The van der Waals surface area contributed by atoms with Crippen molar-refractivity contribution in [3.63, 3.8) is 0 Å². The van der Waals surface area contributed by atoms with Crippen LogP contribution in [0.4, 0.5) is 11.4 Å². The molecular weight excluding hydrogens is 633 g/mol. The zero-order chi connectivity index (χ0) is 33.1. The lowest BCUT2D eigenvalue weighted by Gasteiger charge is -2.38. The fraction of sp³-hybridized carbons (Fsp3) is 0.625. The van der Waals surface area contributed by atoms with Crippen LogP contribution in [-0.4, -0.2) is 105 Å². The fourth-order valence-electron chi connectivity index (χ4n) is 7.49. The minimum absolute atomic E-state index is 0.0537. The van der Waals surface area contributed by atoms with Crippen LogP contribution < -0.4 is 15.2 Å². The lowest BCUT2D eigenvalue weighted by Crippen LogP contribution is -2.47. The van der Waals surface area contributed by atoms with Crippen molar-refractivity contribution in [3.05, 3.63) is 58.6 Å². The number of nitro benzene ring substituents is 1. The molecular formula is C32H46N4O8S2. The van der Waals surface area contributed by atoms with Gasteiger partial charge in [0.15, 0.2) is 0 Å². The first-order chi connectivity index (χ1) is 21.7. The van der Waals surface area contributed by atoms with Gasteiger partial charge in [-0.15, -0.1) is 0 Å². The van der Waals surface area contributed by atoms with E-state index in [0.717, 1.165) is 62.8 Å². The molecule has 4 fully saturated rings. The maximum absolute atomic E-state index is 11.4. The number of nitro groups is 1. The molecule has 14 heteroatoms. The molecule has 254 valence electrons. The molecule has 4 bridgehead atoms. The average molecular weight is 679 g/mol. The van der Waals surface area contributed by atoms with Crippen molar-refractivity contribution in [2.75, 3.05) is 42.8 Å². The molecule has 4 unspecified atom stereocenters. The molecule has 4 heterocycles. The second-order valence-electron chi connectivity index (χ2n) is 13.2. The van der Waals surface area contributed by atoms with Crippen LogP contribution in [-0.2, 0) is 19.7 Å². The van der Waals surface area contributed by atoms with Crippen LogP contribution in [0.5, 0.6) is 11.5 Å². The van der Waals surface area contributed by atoms with Gasteiger partial charge in [0.1, 0.15) is 43.4 Å². The van der Waals surface area contributed by atoms with Crippen LogP contribution in [0.3, 0.4) is 0 Å². The van der Waals surface area contributed by atoms with E-state index in [4.69, 9.17) is 15.2 Å². The van der Waals surface area contributed by atoms with Gasteiger partial charge in [0.05, 0.1) is 16.4 Å². The third-order valence-corrected chi connectivity index (χ3v) is 11.5. The lowest BCUT2D eigenvalue weighted by molar-refractivity contribution is -0.384. The van der Waals surface area contributed by atoms with E-state index >= 15 is 0 Å². The number of nitrogens with zero attached hydrogens (tertiary/aromatic N) is 3. The van der Waals surface area contributed by atoms with E-state index in [1.165, 1.54) is 24.6 Å². The summed E-state index contributed by atoms with van der Waals surface area (Å²) in [5.74, 6) is 1.97. The van der Waals surface area contributed by atoms with Gasteiger partial charge in [-0.3, -0.25) is 19.9 Å². The number of rotatable bonds is 11. The number of nitrogens with two attached hydrogens (primary N) is 1. The first kappa shape index (κ1) is 34.4. The van der Waals surface area contributed by atoms with Crippen molar-refractivity contribution in [3.8, 4) is 11.5 Å². The zero-order valence-electron chi connectivity index (χ0n) is 26.6. The summed E-state index contributed by atoms with van der Waals surface area (Å²) in [6.07, 6.45) is 11.0. The van der Waals surface area contributed by atoms with Crippen LogP contribution in [0.2, 0.25) is 0 Å². The molecule has 0 radical (unpaired) electrons. The van der Waals surface area contributed by atoms with Crippen LogP contribution in [0, 0.1) is 10.1 Å². The fourth-order valence-corrected chi connectivity index (χ4v) is 8.58. The minimum Gasteiger partial charge on any atom is -0.490 e. The van der Waals surface area contributed by atoms with E-state index < -0.39 is 24.6 Å². The third-order valence-electron chi connectivity index (χ3n) is 9.66. The number of piperidine rings is 2. The predicted octanol–water partition coefficient (Wildman–Crippen LogP) is 3.70. The summed E-state index contributed by atoms with van der Waals surface area (Å²) in [4.78, 5) is 14.9. The molecule has 2 aromatic rings. The third kappa shape index (κ3) is 9.55. The van der Waals surface area contributed by atoms with E-state index in [-0.39, 0.29) is 29.4 Å². The molecule has 4 atom stereocenters. The predicted molar refractivity (Wildman–Crippen MR) is 178 cm³/mol. The summed E-state index contributed by atoms with van der Waals surface area (Å²) in [5.41, 5.74) is 6.48. The van der Waals surface area contributed by atoms with E-state index in [1.54, 1.807) is 12.1 Å². The lowest BCUT2D eigenvalue weighted by atomic mass is 10.00. The van der Waals surface area contributed by atoms with E-state index in [0.29, 0.717) is 43.0 Å². The number of benzene rings is 2. The molecule has 0 amide bonds. The second kappa shape index (κ2) is 14.4. The first-order valence-corrected chi connectivity index (χ1v) is 20.1. The SMILES string of the molecule is CS(=O)(=O)CCN1C2CCC1CC(Oc1ccc(N)cc1)C2.CS(=O)(=O)CCN1C2CCC1CC(Oc1ccc([N+](=O)[O-])cc1)C2. The Morgan fingerprint density at radius 3 is 1.37 bits per heavy atom. The van der Waals surface area contributed by atoms with Gasteiger partial charge < -0.3 is 15.2 Å². The Kier molecular flexibility index (Phi) is 10.8. The Bertz CT molecular complexity index is 1530. The molecule has 4 aliphatic rings. The maximum atomic E-state index is 11.4. The molecule has 46 heavy (non-hydrogen) atoms. The zero-order valence-corrected chi connectivity index (χ0v) is 28.2. The van der Waals surface area contributed by atoms with Crippen molar-refractivity contribution in [2.45, 2.75) is 87.7 Å². The molecule has 2 N–H and O–H groups in total. The highest BCUT2D eigenvalue weighted by Crippen LogP contribution is 2.38. The second-order valence-corrected chi connectivity index (χ2v) is 17.8. The minimum atomic E-state index is -2.94. The molecule has 0 aromatic heterocycles. The Morgan fingerprint density at radius 2 is 1.04 bits per heavy atom. The maximum Gasteiger partial charge on any atom is 0.269 e. The topological polar surface area (TPSA) is 162 Å². The number of hydrogen-bond acceptors (Lipinski definition) is 11. The summed E-state index contributed by atoms with van der Waals surface area (Å²) in [6.45, 7) is 1.25. The van der Waals surface area contributed by atoms with Crippen molar-refractivity contribution < 1.29 is 31.2 Å². The van der Waals surface area contributed by atoms with Crippen LogP contribution in [0.25, 0.3) is 0 Å². The van der Waals surface area contributed by atoms with E-state index in [1.807, 2.05) is 24.3 Å². The summed E-state index contributed by atoms with van der Waals surface area (Å²) in [7, 11) is -5.84. The van der Waals surface area contributed by atoms with Gasteiger partial charge in [-0.2, -0.15) is 0 Å². The Balaban J connectivity index is 0.000000182. The number of fused-ring (bicyclic) bond motifs is 4. The van der Waals surface area contributed by atoms with Gasteiger partial charge in [-0.1, -0.05) is 0 Å². The van der Waals surface area contributed by atoms with Crippen LogP contribution in [0.1, 0.15) is 51.4 Å². The number of non-ortho nitro benzene ring substituents is 1. The van der Waals surface area contributed by atoms with Gasteiger partial charge in [0, 0.05) is 67.6 Å². The number of sulfone groups is 2. The Morgan fingerprint density at radius 1 is 0.696 bits per heavy atom. The van der Waals surface area contributed by atoms with Crippen molar-refractivity contribution in [1.82, 2.24) is 9.80 Å². The number of nitrogen functional groups attached to an aromatic ring is 1. The van der Waals surface area contributed by atoms with Gasteiger partial charge in [0.2, 0.25) is 0 Å². The number of ether oxygens (including phenoxy) is 2. The monoisotopic (exact) mass is 678 g/mol. The molecule has 0 spiro atoms. The van der Waals surface area contributed by atoms with Crippen LogP contribution >= 0.6 is 0 Å². The molecule has 0 aliphatic carbocycles. The molecule has 4 saturated heterocycles. The standard InChI is InChI=1S/C16H22N2O5S.C16H24N2O3S/c1-24(21,22)9-8-17-13-2-3-14(17)11-16(10-13)23-15-6-4-12(5-7-15)18(19)20;1-22(19,20)9-8-18-13-4-5-14(18)11-16(10-13)21-15-6-2-12(17)3-7-15/h4-7,13-14,16H,2-3,8-11H2,1H3;2-3,6-7,13-14,16H,4-5,8-11,17H2,1H3. The quantitative estimate of drug-likeness (QED) is 0.210. The van der Waals surface area contributed by atoms with Crippen molar-refractivity contribution >= 4 is 31.0 Å². The molecule has 2 aromatic carbocycles. The Labute approximate surface area is 272 Å². The van der Waals surface area contributed by atoms with Crippen LogP contribution in [0.15, 0.2) is 48.5 Å². The molecule has 12 nitrogen and oxygen atoms in total. The smallest absolute Gasteiger partial charge is 0.269 e. The van der Waals surface area contributed by atoms with Crippen molar-refractivity contribution in [2.24, 2.45) is 0 Å². The van der Waals surface area contributed by atoms with Crippen molar-refractivity contribution in [1.29, 1.82) is 0 Å². The van der Waals surface area contributed by atoms with Gasteiger partial charge in [0.25, 0.3) is 5.69 Å². The highest BCUT2D eigenvalue weighted by Gasteiger charge is 2.42. The summed E-state index contributed by atoms with van der Waals surface area (Å²) >= 11 is 0. The summed E-state index contributed by atoms with van der Waals surface area (Å²) < 4.78 is 57.6. The highest BCUT2D eigenvalue weighted by molar-refractivity contribution is 7.90. The van der Waals surface area contributed by atoms with E-state index in [9.17, 15) is 26.9 Å².